The minimum atomic E-state index is -0.409. The molecule has 0 aliphatic heterocycles. The van der Waals surface area contributed by atoms with Crippen LogP contribution in [0.5, 0.6) is 0 Å². The molecule has 0 saturated heterocycles. The molecule has 0 fully saturated rings. The molecule has 1 aliphatic carbocycles. The Kier molecular flexibility index (Phi) is 4.90. The third kappa shape index (κ3) is 4.65. The molecular formula is C11H18N2O2. The van der Waals surface area contributed by atoms with Crippen molar-refractivity contribution >= 4 is 6.09 Å². The van der Waals surface area contributed by atoms with E-state index < -0.39 is 6.09 Å². The summed E-state index contributed by atoms with van der Waals surface area (Å²) in [5.74, 6) is 0. The van der Waals surface area contributed by atoms with Gasteiger partial charge < -0.3 is 15.8 Å². The molecule has 4 heteroatoms. The summed E-state index contributed by atoms with van der Waals surface area (Å²) in [5.41, 5.74) is 6.42. The number of ether oxygens (including phenoxy) is 1. The second-order valence-electron chi connectivity index (χ2n) is 3.62. The predicted molar refractivity (Wildman–Crippen MR) is 59.5 cm³/mol. The minimum absolute atomic E-state index is 0.0478. The summed E-state index contributed by atoms with van der Waals surface area (Å²) in [6.45, 7) is 2.58. The summed E-state index contributed by atoms with van der Waals surface area (Å²) < 4.78 is 5.03. The van der Waals surface area contributed by atoms with E-state index in [0.29, 0.717) is 13.2 Å². The first kappa shape index (κ1) is 11.8. The van der Waals surface area contributed by atoms with Crippen molar-refractivity contribution in [1.82, 2.24) is 5.32 Å². The van der Waals surface area contributed by atoms with Gasteiger partial charge in [-0.05, 0) is 25.3 Å². The normalized spacial score (nSPS) is 16.8. The Morgan fingerprint density at radius 2 is 2.47 bits per heavy atom. The van der Waals surface area contributed by atoms with Crippen LogP contribution < -0.4 is 11.1 Å². The molecule has 1 amide bonds. The molecule has 1 atom stereocenters. The highest BCUT2D eigenvalue weighted by atomic mass is 16.5. The van der Waals surface area contributed by atoms with Gasteiger partial charge in [0.1, 0.15) is 6.61 Å². The number of allylic oxidation sites excluding steroid dienone is 2. The van der Waals surface area contributed by atoms with Gasteiger partial charge in [0.15, 0.2) is 0 Å². The van der Waals surface area contributed by atoms with Gasteiger partial charge in [-0.3, -0.25) is 0 Å². The van der Waals surface area contributed by atoms with Gasteiger partial charge in [0.2, 0.25) is 0 Å². The van der Waals surface area contributed by atoms with Crippen LogP contribution in [0.3, 0.4) is 0 Å². The van der Waals surface area contributed by atoms with Crippen molar-refractivity contribution in [3.63, 3.8) is 0 Å². The summed E-state index contributed by atoms with van der Waals surface area (Å²) in [5, 5.41) is 2.63. The van der Waals surface area contributed by atoms with E-state index in [9.17, 15) is 4.79 Å². The number of carbonyl (C=O) groups excluding carboxylic acids is 1. The number of hydrogen-bond donors (Lipinski definition) is 2. The third-order valence-electron chi connectivity index (χ3n) is 2.16. The van der Waals surface area contributed by atoms with Crippen LogP contribution in [0, 0.1) is 0 Å². The van der Waals surface area contributed by atoms with E-state index in [4.69, 9.17) is 10.5 Å². The second-order valence-corrected chi connectivity index (χ2v) is 3.62. The van der Waals surface area contributed by atoms with Gasteiger partial charge in [-0.25, -0.2) is 4.79 Å². The van der Waals surface area contributed by atoms with Gasteiger partial charge in [-0.15, -0.1) is 0 Å². The topological polar surface area (TPSA) is 64.3 Å². The summed E-state index contributed by atoms with van der Waals surface area (Å²) in [6, 6.07) is -0.0478. The molecule has 3 N–H and O–H groups in total. The average Bonchev–Trinajstić information content (AvgIpc) is 2.27. The van der Waals surface area contributed by atoms with Crippen LogP contribution in [0.4, 0.5) is 4.79 Å². The van der Waals surface area contributed by atoms with Gasteiger partial charge in [-0.1, -0.05) is 18.2 Å². The van der Waals surface area contributed by atoms with Crippen molar-refractivity contribution in [2.45, 2.75) is 25.8 Å². The Bertz CT molecular complexity index is 272. The third-order valence-corrected chi connectivity index (χ3v) is 2.16. The van der Waals surface area contributed by atoms with E-state index in [1.54, 1.807) is 0 Å². The molecule has 0 saturated carbocycles. The van der Waals surface area contributed by atoms with Crippen LogP contribution in [-0.2, 0) is 4.74 Å². The molecule has 0 aromatic heterocycles. The molecule has 4 nitrogen and oxygen atoms in total. The maximum Gasteiger partial charge on any atom is 0.407 e. The van der Waals surface area contributed by atoms with E-state index in [1.165, 1.54) is 0 Å². The zero-order valence-corrected chi connectivity index (χ0v) is 9.03. The summed E-state index contributed by atoms with van der Waals surface area (Å²) in [7, 11) is 0. The molecule has 0 spiro atoms. The van der Waals surface area contributed by atoms with Crippen molar-refractivity contribution in [2.75, 3.05) is 13.2 Å². The fourth-order valence-corrected chi connectivity index (χ4v) is 1.23. The van der Waals surface area contributed by atoms with Crippen LogP contribution in [0.25, 0.3) is 0 Å². The molecular weight excluding hydrogens is 192 g/mol. The quantitative estimate of drug-likeness (QED) is 0.736. The van der Waals surface area contributed by atoms with Gasteiger partial charge in [0.05, 0.1) is 0 Å². The van der Waals surface area contributed by atoms with Crippen LogP contribution in [-0.4, -0.2) is 25.3 Å². The lowest BCUT2D eigenvalue weighted by molar-refractivity contribution is 0.153. The van der Waals surface area contributed by atoms with Crippen molar-refractivity contribution in [3.05, 3.63) is 23.8 Å². The monoisotopic (exact) mass is 210 g/mol. The SMILES string of the molecule is C[C@H](CN)NC(=O)OCC1=CCCC=C1. The van der Waals surface area contributed by atoms with Gasteiger partial charge in [0, 0.05) is 12.6 Å². The maximum absolute atomic E-state index is 11.2. The first-order chi connectivity index (χ1) is 7.22. The van der Waals surface area contributed by atoms with Crippen molar-refractivity contribution in [1.29, 1.82) is 0 Å². The molecule has 0 aromatic carbocycles. The summed E-state index contributed by atoms with van der Waals surface area (Å²) in [4.78, 5) is 11.2. The van der Waals surface area contributed by atoms with Gasteiger partial charge in [-0.2, -0.15) is 0 Å². The zero-order chi connectivity index (χ0) is 11.1. The molecule has 1 aliphatic rings. The highest BCUT2D eigenvalue weighted by molar-refractivity contribution is 5.67. The van der Waals surface area contributed by atoms with Crippen molar-refractivity contribution < 1.29 is 9.53 Å². The molecule has 0 bridgehead atoms. The average molecular weight is 210 g/mol. The van der Waals surface area contributed by atoms with Gasteiger partial charge in [0.25, 0.3) is 0 Å². The molecule has 0 unspecified atom stereocenters. The van der Waals surface area contributed by atoms with E-state index in [-0.39, 0.29) is 6.04 Å². The van der Waals surface area contributed by atoms with E-state index in [0.717, 1.165) is 18.4 Å². The predicted octanol–water partition coefficient (Wildman–Crippen LogP) is 1.34. The molecule has 1 rings (SSSR count). The lowest BCUT2D eigenvalue weighted by atomic mass is 10.1. The van der Waals surface area contributed by atoms with Crippen molar-refractivity contribution in [3.8, 4) is 0 Å². The Morgan fingerprint density at radius 1 is 1.67 bits per heavy atom. The van der Waals surface area contributed by atoms with E-state index >= 15 is 0 Å². The number of hydrogen-bond acceptors (Lipinski definition) is 3. The molecule has 0 aromatic rings. The summed E-state index contributed by atoms with van der Waals surface area (Å²) >= 11 is 0. The standard InChI is InChI=1S/C11H18N2O2/c1-9(7-12)13-11(14)15-8-10-5-3-2-4-6-10/h3,5-6,9H,2,4,7-8,12H2,1H3,(H,13,14)/t9-/m1/s1. The van der Waals surface area contributed by atoms with Crippen LogP contribution in [0.15, 0.2) is 23.8 Å². The maximum atomic E-state index is 11.2. The van der Waals surface area contributed by atoms with Crippen LogP contribution in [0.1, 0.15) is 19.8 Å². The van der Waals surface area contributed by atoms with Gasteiger partial charge >= 0.3 is 6.09 Å². The molecule has 0 radical (unpaired) electrons. The lowest BCUT2D eigenvalue weighted by Gasteiger charge is -2.12. The van der Waals surface area contributed by atoms with E-state index in [1.807, 2.05) is 13.0 Å². The number of nitrogens with one attached hydrogen (secondary N) is 1. The largest absolute Gasteiger partial charge is 0.445 e. The first-order valence-corrected chi connectivity index (χ1v) is 5.21. The highest BCUT2D eigenvalue weighted by Gasteiger charge is 2.07. The number of carbonyl (C=O) groups is 1. The van der Waals surface area contributed by atoms with E-state index in [2.05, 4.69) is 17.5 Å². The smallest absolute Gasteiger partial charge is 0.407 e. The van der Waals surface area contributed by atoms with Crippen LogP contribution in [0.2, 0.25) is 0 Å². The number of alkyl carbamates (subject to hydrolysis) is 1. The Balaban J connectivity index is 2.22. The number of amides is 1. The Labute approximate surface area is 90.2 Å². The second kappa shape index (κ2) is 6.24. The fourth-order valence-electron chi connectivity index (χ4n) is 1.23. The molecule has 15 heavy (non-hydrogen) atoms. The summed E-state index contributed by atoms with van der Waals surface area (Å²) in [6.07, 6.45) is 7.84. The van der Waals surface area contributed by atoms with Crippen molar-refractivity contribution in [2.24, 2.45) is 5.73 Å². The number of rotatable bonds is 4. The molecule has 0 heterocycles. The Hall–Kier alpha value is -1.29. The fraction of sp³-hybridized carbons (Fsp3) is 0.545. The molecule has 84 valence electrons. The lowest BCUT2D eigenvalue weighted by Crippen LogP contribution is -2.38. The van der Waals surface area contributed by atoms with Crippen LogP contribution >= 0.6 is 0 Å². The zero-order valence-electron chi connectivity index (χ0n) is 9.03. The minimum Gasteiger partial charge on any atom is -0.445 e. The Morgan fingerprint density at radius 3 is 3.07 bits per heavy atom. The highest BCUT2D eigenvalue weighted by Crippen LogP contribution is 2.09. The first-order valence-electron chi connectivity index (χ1n) is 5.21. The number of nitrogens with two attached hydrogens (primary N) is 1.